The van der Waals surface area contributed by atoms with Crippen molar-refractivity contribution < 1.29 is 0 Å². The monoisotopic (exact) mass is 255 g/mol. The highest BCUT2D eigenvalue weighted by atomic mass is 15.2. The summed E-state index contributed by atoms with van der Waals surface area (Å²) in [7, 11) is 2.11. The SMILES string of the molecule is CN1CCNCC1c1nccc(-c2ccccn2)n1. The molecular weight excluding hydrogens is 238 g/mol. The van der Waals surface area contributed by atoms with Crippen LogP contribution >= 0.6 is 0 Å². The van der Waals surface area contributed by atoms with Crippen molar-refractivity contribution in [2.75, 3.05) is 26.7 Å². The van der Waals surface area contributed by atoms with Crippen molar-refractivity contribution in [3.8, 4) is 11.4 Å². The van der Waals surface area contributed by atoms with Gasteiger partial charge in [0.15, 0.2) is 0 Å². The van der Waals surface area contributed by atoms with E-state index in [0.717, 1.165) is 36.8 Å². The third-order valence-electron chi connectivity index (χ3n) is 3.41. The highest BCUT2D eigenvalue weighted by molar-refractivity contribution is 5.52. The van der Waals surface area contributed by atoms with Crippen LogP contribution in [0.1, 0.15) is 11.9 Å². The van der Waals surface area contributed by atoms with E-state index in [9.17, 15) is 0 Å². The number of nitrogens with zero attached hydrogens (tertiary/aromatic N) is 4. The molecule has 2 aromatic heterocycles. The van der Waals surface area contributed by atoms with Gasteiger partial charge in [0.05, 0.1) is 17.4 Å². The number of piperazine rings is 1. The molecule has 19 heavy (non-hydrogen) atoms. The Balaban J connectivity index is 1.91. The van der Waals surface area contributed by atoms with Gasteiger partial charge < -0.3 is 5.32 Å². The molecule has 1 aliphatic rings. The molecule has 3 rings (SSSR count). The van der Waals surface area contributed by atoms with E-state index in [1.165, 1.54) is 0 Å². The van der Waals surface area contributed by atoms with Crippen molar-refractivity contribution in [2.45, 2.75) is 6.04 Å². The average Bonchev–Trinajstić information content (AvgIpc) is 2.49. The molecule has 1 saturated heterocycles. The molecule has 0 spiro atoms. The Bertz CT molecular complexity index is 543. The molecule has 1 N–H and O–H groups in total. The number of hydrogen-bond donors (Lipinski definition) is 1. The molecule has 0 saturated carbocycles. The van der Waals surface area contributed by atoms with Crippen molar-refractivity contribution in [1.29, 1.82) is 0 Å². The van der Waals surface area contributed by atoms with Crippen LogP contribution in [0.15, 0.2) is 36.7 Å². The van der Waals surface area contributed by atoms with Crippen molar-refractivity contribution in [3.05, 3.63) is 42.5 Å². The molecule has 3 heterocycles. The average molecular weight is 255 g/mol. The molecule has 2 aromatic rings. The predicted octanol–water partition coefficient (Wildman–Crippen LogP) is 1.11. The molecule has 1 aliphatic heterocycles. The molecule has 5 nitrogen and oxygen atoms in total. The number of aromatic nitrogens is 3. The molecule has 0 aliphatic carbocycles. The lowest BCUT2D eigenvalue weighted by atomic mass is 10.2. The number of likely N-dealkylation sites (N-methyl/N-ethyl adjacent to an activating group) is 1. The molecule has 1 fully saturated rings. The minimum Gasteiger partial charge on any atom is -0.313 e. The Morgan fingerprint density at radius 1 is 1.16 bits per heavy atom. The standard InChI is InChI=1S/C14H17N5/c1-19-9-8-15-10-13(19)14-17-7-5-12(18-14)11-4-2-3-6-16-11/h2-7,13,15H,8-10H2,1H3. The lowest BCUT2D eigenvalue weighted by Gasteiger charge is -2.31. The molecule has 98 valence electrons. The zero-order valence-electron chi connectivity index (χ0n) is 11.0. The van der Waals surface area contributed by atoms with E-state index in [-0.39, 0.29) is 6.04 Å². The van der Waals surface area contributed by atoms with Crippen molar-refractivity contribution in [3.63, 3.8) is 0 Å². The minimum atomic E-state index is 0.234. The van der Waals surface area contributed by atoms with Gasteiger partial charge >= 0.3 is 0 Å². The van der Waals surface area contributed by atoms with E-state index in [2.05, 4.69) is 32.2 Å². The highest BCUT2D eigenvalue weighted by Gasteiger charge is 2.23. The normalized spacial score (nSPS) is 20.4. The number of rotatable bonds is 2. The maximum absolute atomic E-state index is 4.66. The lowest BCUT2D eigenvalue weighted by Crippen LogP contribution is -2.44. The fraction of sp³-hybridized carbons (Fsp3) is 0.357. The van der Waals surface area contributed by atoms with E-state index >= 15 is 0 Å². The van der Waals surface area contributed by atoms with Gasteiger partial charge in [0.25, 0.3) is 0 Å². The molecule has 1 atom stereocenters. The van der Waals surface area contributed by atoms with Crippen LogP contribution in [0.4, 0.5) is 0 Å². The third-order valence-corrected chi connectivity index (χ3v) is 3.41. The van der Waals surface area contributed by atoms with Crippen LogP contribution in [0.2, 0.25) is 0 Å². The van der Waals surface area contributed by atoms with Crippen molar-refractivity contribution >= 4 is 0 Å². The van der Waals surface area contributed by atoms with Crippen molar-refractivity contribution in [2.24, 2.45) is 0 Å². The summed E-state index contributed by atoms with van der Waals surface area (Å²) in [6.07, 6.45) is 3.60. The van der Waals surface area contributed by atoms with Gasteiger partial charge in [-0.2, -0.15) is 0 Å². The number of nitrogens with one attached hydrogen (secondary N) is 1. The maximum Gasteiger partial charge on any atom is 0.147 e. The van der Waals surface area contributed by atoms with Gasteiger partial charge in [-0.1, -0.05) is 6.07 Å². The summed E-state index contributed by atoms with van der Waals surface area (Å²) < 4.78 is 0. The van der Waals surface area contributed by atoms with Gasteiger partial charge in [-0.3, -0.25) is 9.88 Å². The van der Waals surface area contributed by atoms with E-state index in [1.807, 2.05) is 30.5 Å². The van der Waals surface area contributed by atoms with Gasteiger partial charge in [0.1, 0.15) is 5.82 Å². The van der Waals surface area contributed by atoms with Crippen LogP contribution in [0.5, 0.6) is 0 Å². The van der Waals surface area contributed by atoms with Gasteiger partial charge in [-0.25, -0.2) is 9.97 Å². The second-order valence-electron chi connectivity index (χ2n) is 4.72. The smallest absolute Gasteiger partial charge is 0.147 e. The van der Waals surface area contributed by atoms with E-state index < -0.39 is 0 Å². The Morgan fingerprint density at radius 2 is 2.11 bits per heavy atom. The summed E-state index contributed by atoms with van der Waals surface area (Å²) in [5.74, 6) is 0.859. The Labute approximate surface area is 112 Å². The summed E-state index contributed by atoms with van der Waals surface area (Å²) in [6.45, 7) is 2.93. The molecule has 0 aromatic carbocycles. The van der Waals surface area contributed by atoms with Gasteiger partial charge in [-0.05, 0) is 25.2 Å². The first kappa shape index (κ1) is 12.2. The number of hydrogen-bond acceptors (Lipinski definition) is 5. The summed E-state index contributed by atoms with van der Waals surface area (Å²) in [5.41, 5.74) is 1.77. The van der Waals surface area contributed by atoms with Crippen LogP contribution in [0, 0.1) is 0 Å². The quantitative estimate of drug-likeness (QED) is 0.871. The Hall–Kier alpha value is -1.85. The molecule has 0 radical (unpaired) electrons. The Kier molecular flexibility index (Phi) is 3.48. The molecular formula is C14H17N5. The maximum atomic E-state index is 4.66. The highest BCUT2D eigenvalue weighted by Crippen LogP contribution is 2.19. The first-order valence-corrected chi connectivity index (χ1v) is 6.50. The zero-order chi connectivity index (χ0) is 13.1. The zero-order valence-corrected chi connectivity index (χ0v) is 11.0. The summed E-state index contributed by atoms with van der Waals surface area (Å²) in [4.78, 5) is 15.7. The topological polar surface area (TPSA) is 53.9 Å². The van der Waals surface area contributed by atoms with Gasteiger partial charge in [-0.15, -0.1) is 0 Å². The third kappa shape index (κ3) is 2.62. The van der Waals surface area contributed by atoms with Crippen LogP contribution in [0.3, 0.4) is 0 Å². The first-order chi connectivity index (χ1) is 9.34. The lowest BCUT2D eigenvalue weighted by molar-refractivity contribution is 0.194. The van der Waals surface area contributed by atoms with E-state index in [4.69, 9.17) is 0 Å². The van der Waals surface area contributed by atoms with E-state index in [0.29, 0.717) is 0 Å². The molecule has 0 bridgehead atoms. The van der Waals surface area contributed by atoms with Gasteiger partial charge in [0.2, 0.25) is 0 Å². The fourth-order valence-electron chi connectivity index (χ4n) is 2.29. The summed E-state index contributed by atoms with van der Waals surface area (Å²) in [5, 5.41) is 3.39. The van der Waals surface area contributed by atoms with E-state index in [1.54, 1.807) is 6.20 Å². The van der Waals surface area contributed by atoms with Crippen LogP contribution in [-0.2, 0) is 0 Å². The first-order valence-electron chi connectivity index (χ1n) is 6.50. The molecule has 0 amide bonds. The molecule has 5 heteroatoms. The summed E-state index contributed by atoms with van der Waals surface area (Å²) in [6, 6.07) is 7.98. The van der Waals surface area contributed by atoms with Crippen LogP contribution in [-0.4, -0.2) is 46.5 Å². The second kappa shape index (κ2) is 5.42. The number of pyridine rings is 1. The van der Waals surface area contributed by atoms with Crippen molar-refractivity contribution in [1.82, 2.24) is 25.2 Å². The van der Waals surface area contributed by atoms with Crippen LogP contribution < -0.4 is 5.32 Å². The largest absolute Gasteiger partial charge is 0.313 e. The fourth-order valence-corrected chi connectivity index (χ4v) is 2.29. The Morgan fingerprint density at radius 3 is 2.89 bits per heavy atom. The summed E-state index contributed by atoms with van der Waals surface area (Å²) >= 11 is 0. The van der Waals surface area contributed by atoms with Gasteiger partial charge in [0, 0.05) is 32.0 Å². The minimum absolute atomic E-state index is 0.234. The van der Waals surface area contributed by atoms with Crippen LogP contribution in [0.25, 0.3) is 11.4 Å². The second-order valence-corrected chi connectivity index (χ2v) is 4.72. The molecule has 1 unspecified atom stereocenters. The predicted molar refractivity (Wildman–Crippen MR) is 73.5 cm³/mol.